The molecule has 0 aromatic heterocycles. The molecule has 19 heavy (non-hydrogen) atoms. The third-order valence-corrected chi connectivity index (χ3v) is 3.59. The number of benzene rings is 1. The first-order chi connectivity index (χ1) is 9.20. The smallest absolute Gasteiger partial charge is 0.224 e. The monoisotopic (exact) mass is 260 g/mol. The Labute approximate surface area is 113 Å². The fourth-order valence-electron chi connectivity index (χ4n) is 2.54. The predicted molar refractivity (Wildman–Crippen MR) is 74.0 cm³/mol. The lowest BCUT2D eigenvalue weighted by Crippen LogP contribution is -2.44. The molecule has 4 heteroatoms. The van der Waals surface area contributed by atoms with E-state index in [0.29, 0.717) is 13.1 Å². The van der Waals surface area contributed by atoms with E-state index in [-0.39, 0.29) is 17.6 Å². The summed E-state index contributed by atoms with van der Waals surface area (Å²) in [4.78, 5) is 25.8. The summed E-state index contributed by atoms with van der Waals surface area (Å²) in [5, 5.41) is 2.69. The Morgan fingerprint density at radius 2 is 2.05 bits per heavy atom. The minimum atomic E-state index is 0.0160. The number of nitrogens with one attached hydrogen (secondary N) is 1. The Bertz CT molecular complexity index is 445. The fraction of sp³-hybridized carbons (Fsp3) is 0.467. The minimum absolute atomic E-state index is 0.0160. The number of piperidine rings is 1. The molecule has 1 N–H and O–H groups in total. The van der Waals surface area contributed by atoms with E-state index < -0.39 is 0 Å². The van der Waals surface area contributed by atoms with Gasteiger partial charge in [0.25, 0.3) is 0 Å². The molecule has 1 aliphatic rings. The molecule has 1 atom stereocenters. The van der Waals surface area contributed by atoms with Crippen LogP contribution in [0.5, 0.6) is 0 Å². The molecule has 1 aromatic carbocycles. The number of likely N-dealkylation sites (tertiary alicyclic amines) is 1. The van der Waals surface area contributed by atoms with E-state index in [1.165, 1.54) is 0 Å². The van der Waals surface area contributed by atoms with Crippen molar-refractivity contribution in [1.82, 2.24) is 10.2 Å². The van der Waals surface area contributed by atoms with Crippen LogP contribution < -0.4 is 5.32 Å². The maximum Gasteiger partial charge on any atom is 0.224 e. The van der Waals surface area contributed by atoms with Gasteiger partial charge in [0.05, 0.1) is 12.5 Å². The Balaban J connectivity index is 1.92. The molecule has 1 heterocycles. The van der Waals surface area contributed by atoms with Crippen LogP contribution in [0.2, 0.25) is 0 Å². The lowest BCUT2D eigenvalue weighted by molar-refractivity contribution is -0.126. The maximum absolute atomic E-state index is 12.1. The summed E-state index contributed by atoms with van der Waals surface area (Å²) >= 11 is 0. The normalized spacial score (nSPS) is 19.9. The van der Waals surface area contributed by atoms with Crippen molar-refractivity contribution in [3.63, 3.8) is 0 Å². The van der Waals surface area contributed by atoms with Gasteiger partial charge in [-0.05, 0) is 19.4 Å². The first-order valence-electron chi connectivity index (χ1n) is 6.73. The number of hydrogen-bond donors (Lipinski definition) is 1. The summed E-state index contributed by atoms with van der Waals surface area (Å²) < 4.78 is 0. The van der Waals surface area contributed by atoms with E-state index in [0.717, 1.165) is 24.9 Å². The van der Waals surface area contributed by atoms with Crippen molar-refractivity contribution in [1.29, 1.82) is 0 Å². The highest BCUT2D eigenvalue weighted by Gasteiger charge is 2.26. The number of carbonyl (C=O) groups excluding carboxylic acids is 2. The van der Waals surface area contributed by atoms with Gasteiger partial charge in [-0.3, -0.25) is 14.5 Å². The van der Waals surface area contributed by atoms with Gasteiger partial charge in [0, 0.05) is 19.2 Å². The average Bonchev–Trinajstić information content (AvgIpc) is 2.47. The second-order valence-electron chi connectivity index (χ2n) is 4.98. The number of ketones is 1. The van der Waals surface area contributed by atoms with Crippen LogP contribution in [0, 0.1) is 5.92 Å². The molecular formula is C15H20N2O2. The molecule has 1 amide bonds. The van der Waals surface area contributed by atoms with Crippen molar-refractivity contribution < 1.29 is 9.59 Å². The van der Waals surface area contributed by atoms with Gasteiger partial charge in [0.15, 0.2) is 5.78 Å². The maximum atomic E-state index is 12.1. The Morgan fingerprint density at radius 1 is 1.32 bits per heavy atom. The van der Waals surface area contributed by atoms with Crippen molar-refractivity contribution >= 4 is 11.7 Å². The van der Waals surface area contributed by atoms with Crippen LogP contribution in [-0.4, -0.2) is 43.3 Å². The van der Waals surface area contributed by atoms with Gasteiger partial charge in [0.1, 0.15) is 0 Å². The van der Waals surface area contributed by atoms with Gasteiger partial charge in [-0.2, -0.15) is 0 Å². The van der Waals surface area contributed by atoms with Crippen molar-refractivity contribution in [2.45, 2.75) is 12.8 Å². The minimum Gasteiger partial charge on any atom is -0.359 e. The summed E-state index contributed by atoms with van der Waals surface area (Å²) in [6.45, 7) is 1.97. The molecule has 0 bridgehead atoms. The van der Waals surface area contributed by atoms with Gasteiger partial charge in [-0.15, -0.1) is 0 Å². The van der Waals surface area contributed by atoms with Gasteiger partial charge < -0.3 is 5.32 Å². The highest BCUT2D eigenvalue weighted by atomic mass is 16.2. The Hall–Kier alpha value is -1.68. The first kappa shape index (κ1) is 13.7. The number of nitrogens with zero attached hydrogens (tertiary/aromatic N) is 1. The molecule has 2 rings (SSSR count). The van der Waals surface area contributed by atoms with Crippen LogP contribution in [0.25, 0.3) is 0 Å². The molecule has 1 fully saturated rings. The molecule has 0 saturated carbocycles. The summed E-state index contributed by atoms with van der Waals surface area (Å²) in [7, 11) is 1.66. The van der Waals surface area contributed by atoms with Gasteiger partial charge >= 0.3 is 0 Å². The van der Waals surface area contributed by atoms with E-state index >= 15 is 0 Å². The molecule has 102 valence electrons. The summed E-state index contributed by atoms with van der Waals surface area (Å²) in [5.74, 6) is 0.220. The van der Waals surface area contributed by atoms with E-state index in [2.05, 4.69) is 10.2 Å². The number of carbonyl (C=O) groups is 2. The van der Waals surface area contributed by atoms with Crippen LogP contribution in [-0.2, 0) is 4.79 Å². The Kier molecular flexibility index (Phi) is 4.68. The average molecular weight is 260 g/mol. The van der Waals surface area contributed by atoms with Gasteiger partial charge in [-0.25, -0.2) is 0 Å². The molecule has 0 radical (unpaired) electrons. The molecule has 1 aromatic rings. The zero-order chi connectivity index (χ0) is 13.7. The second-order valence-corrected chi connectivity index (χ2v) is 4.98. The highest BCUT2D eigenvalue weighted by molar-refractivity contribution is 5.97. The topological polar surface area (TPSA) is 49.4 Å². The summed E-state index contributed by atoms with van der Waals surface area (Å²) in [6, 6.07) is 9.32. The molecule has 1 aliphatic heterocycles. The van der Waals surface area contributed by atoms with Crippen molar-refractivity contribution in [3.8, 4) is 0 Å². The molecule has 0 aliphatic carbocycles. The molecular weight excluding hydrogens is 240 g/mol. The second kappa shape index (κ2) is 6.48. The molecule has 0 spiro atoms. The first-order valence-corrected chi connectivity index (χ1v) is 6.73. The van der Waals surface area contributed by atoms with Gasteiger partial charge in [0.2, 0.25) is 5.91 Å². The van der Waals surface area contributed by atoms with E-state index in [4.69, 9.17) is 0 Å². The molecule has 1 unspecified atom stereocenters. The zero-order valence-corrected chi connectivity index (χ0v) is 11.3. The molecule has 1 saturated heterocycles. The third kappa shape index (κ3) is 3.64. The lowest BCUT2D eigenvalue weighted by atomic mass is 9.96. The summed E-state index contributed by atoms with van der Waals surface area (Å²) in [5.41, 5.74) is 0.740. The summed E-state index contributed by atoms with van der Waals surface area (Å²) in [6.07, 6.45) is 1.88. The number of amides is 1. The predicted octanol–water partition coefficient (Wildman–Crippen LogP) is 1.33. The van der Waals surface area contributed by atoms with Gasteiger partial charge in [-0.1, -0.05) is 30.3 Å². The van der Waals surface area contributed by atoms with Crippen molar-refractivity contribution in [2.75, 3.05) is 26.7 Å². The zero-order valence-electron chi connectivity index (χ0n) is 11.3. The fourth-order valence-corrected chi connectivity index (χ4v) is 2.54. The molecule has 4 nitrogen and oxygen atoms in total. The number of hydrogen-bond acceptors (Lipinski definition) is 3. The van der Waals surface area contributed by atoms with Crippen molar-refractivity contribution in [2.24, 2.45) is 5.92 Å². The lowest BCUT2D eigenvalue weighted by Gasteiger charge is -2.31. The SMILES string of the molecule is CNC(=O)C1CCCN(CC(=O)c2ccccc2)C1. The van der Waals surface area contributed by atoms with Crippen LogP contribution in [0.1, 0.15) is 23.2 Å². The number of rotatable bonds is 4. The quantitative estimate of drug-likeness (QED) is 0.831. The van der Waals surface area contributed by atoms with Crippen LogP contribution in [0.3, 0.4) is 0 Å². The third-order valence-electron chi connectivity index (χ3n) is 3.59. The van der Waals surface area contributed by atoms with Crippen LogP contribution >= 0.6 is 0 Å². The Morgan fingerprint density at radius 3 is 2.74 bits per heavy atom. The van der Waals surface area contributed by atoms with Crippen molar-refractivity contribution in [3.05, 3.63) is 35.9 Å². The number of Topliss-reactive ketones (excluding diaryl/α,β-unsaturated/α-hetero) is 1. The largest absolute Gasteiger partial charge is 0.359 e. The van der Waals surface area contributed by atoms with Crippen LogP contribution in [0.15, 0.2) is 30.3 Å². The standard InChI is InChI=1S/C15H20N2O2/c1-16-15(19)13-8-5-9-17(10-13)11-14(18)12-6-3-2-4-7-12/h2-4,6-7,13H,5,8-11H2,1H3,(H,16,19). The highest BCUT2D eigenvalue weighted by Crippen LogP contribution is 2.17. The van der Waals surface area contributed by atoms with E-state index in [1.54, 1.807) is 7.05 Å². The van der Waals surface area contributed by atoms with E-state index in [1.807, 2.05) is 30.3 Å². The van der Waals surface area contributed by atoms with Crippen LogP contribution in [0.4, 0.5) is 0 Å². The van der Waals surface area contributed by atoms with E-state index in [9.17, 15) is 9.59 Å².